The van der Waals surface area contributed by atoms with E-state index in [0.717, 1.165) is 12.3 Å². The highest BCUT2D eigenvalue weighted by atomic mass is 19.1. The van der Waals surface area contributed by atoms with Crippen LogP contribution in [0.3, 0.4) is 0 Å². The Bertz CT molecular complexity index is 684. The number of hydrogen-bond donors (Lipinski definition) is 2. The average Bonchev–Trinajstić information content (AvgIpc) is 2.58. The normalized spacial score (nSPS) is 14.6. The van der Waals surface area contributed by atoms with Gasteiger partial charge in [-0.25, -0.2) is 14.2 Å². The summed E-state index contributed by atoms with van der Waals surface area (Å²) in [6, 6.07) is 1.05. The van der Waals surface area contributed by atoms with E-state index >= 15 is 0 Å². The molecule has 10 heteroatoms. The molecule has 1 aliphatic rings. The van der Waals surface area contributed by atoms with Crippen molar-refractivity contribution in [3.05, 3.63) is 23.6 Å². The van der Waals surface area contributed by atoms with E-state index in [0.29, 0.717) is 32.6 Å². The maximum Gasteiger partial charge on any atom is 0.410 e. The largest absolute Gasteiger partial charge is 0.444 e. The molecule has 9 nitrogen and oxygen atoms in total. The molecule has 1 aliphatic heterocycles. The fraction of sp³-hybridized carbons (Fsp3) is 0.500. The first-order valence-electron chi connectivity index (χ1n) is 8.09. The smallest absolute Gasteiger partial charge is 0.410 e. The molecule has 0 aliphatic carbocycles. The van der Waals surface area contributed by atoms with Gasteiger partial charge in [0.15, 0.2) is 0 Å². The molecular formula is C16H22FN5O4. The standard InChI is InChI=1S/C16H22FN5O4/c1-16(2,3)26-15(25)22-6-4-21(5-7-22)13-12(8-11(17)9-18-13)14(24)20-19-10-23/h8-10H,4-7H2,1-3H3,(H,19,23)(H,20,24). The van der Waals surface area contributed by atoms with E-state index in [1.54, 1.807) is 30.6 Å². The van der Waals surface area contributed by atoms with Gasteiger partial charge in [-0.1, -0.05) is 0 Å². The van der Waals surface area contributed by atoms with Crippen LogP contribution in [-0.2, 0) is 9.53 Å². The van der Waals surface area contributed by atoms with E-state index < -0.39 is 23.4 Å². The number of hydrazine groups is 1. The van der Waals surface area contributed by atoms with Crippen LogP contribution in [0.4, 0.5) is 15.0 Å². The maximum absolute atomic E-state index is 13.5. The van der Waals surface area contributed by atoms with E-state index in [2.05, 4.69) is 10.4 Å². The van der Waals surface area contributed by atoms with Crippen molar-refractivity contribution in [1.29, 1.82) is 0 Å². The number of halogens is 1. The Morgan fingerprint density at radius 1 is 1.27 bits per heavy atom. The number of piperazine rings is 1. The number of amides is 3. The number of rotatable bonds is 4. The lowest BCUT2D eigenvalue weighted by Gasteiger charge is -2.36. The molecular weight excluding hydrogens is 345 g/mol. The molecule has 0 saturated carbocycles. The second-order valence-electron chi connectivity index (χ2n) is 6.70. The molecule has 3 amide bonds. The lowest BCUT2D eigenvalue weighted by atomic mass is 10.2. The van der Waals surface area contributed by atoms with Gasteiger partial charge in [-0.3, -0.25) is 20.4 Å². The summed E-state index contributed by atoms with van der Waals surface area (Å²) in [6.07, 6.45) is 0.904. The fourth-order valence-corrected chi connectivity index (χ4v) is 2.44. The molecule has 1 saturated heterocycles. The Kier molecular flexibility index (Phi) is 5.96. The molecule has 0 spiro atoms. The van der Waals surface area contributed by atoms with Crippen LogP contribution < -0.4 is 15.8 Å². The van der Waals surface area contributed by atoms with Crippen molar-refractivity contribution in [3.8, 4) is 0 Å². The first-order valence-corrected chi connectivity index (χ1v) is 8.09. The number of carbonyl (C=O) groups is 3. The quantitative estimate of drug-likeness (QED) is 0.599. The van der Waals surface area contributed by atoms with E-state index in [1.807, 2.05) is 5.43 Å². The van der Waals surface area contributed by atoms with Crippen molar-refractivity contribution in [1.82, 2.24) is 20.7 Å². The molecule has 2 N–H and O–H groups in total. The summed E-state index contributed by atoms with van der Waals surface area (Å²) in [4.78, 5) is 41.9. The summed E-state index contributed by atoms with van der Waals surface area (Å²) in [6.45, 7) is 6.94. The van der Waals surface area contributed by atoms with Gasteiger partial charge in [0.2, 0.25) is 6.41 Å². The molecule has 1 aromatic heterocycles. The van der Waals surface area contributed by atoms with Gasteiger partial charge >= 0.3 is 6.09 Å². The number of carbonyl (C=O) groups excluding carboxylic acids is 3. The number of pyridine rings is 1. The van der Waals surface area contributed by atoms with Gasteiger partial charge in [-0.15, -0.1) is 0 Å². The lowest BCUT2D eigenvalue weighted by molar-refractivity contribution is -0.110. The molecule has 0 bridgehead atoms. The monoisotopic (exact) mass is 367 g/mol. The van der Waals surface area contributed by atoms with E-state index in [9.17, 15) is 18.8 Å². The number of ether oxygens (including phenoxy) is 1. The van der Waals surface area contributed by atoms with Crippen molar-refractivity contribution in [3.63, 3.8) is 0 Å². The van der Waals surface area contributed by atoms with Crippen LogP contribution in [0, 0.1) is 5.82 Å². The van der Waals surface area contributed by atoms with E-state index in [4.69, 9.17) is 4.74 Å². The van der Waals surface area contributed by atoms with Gasteiger partial charge < -0.3 is 14.5 Å². The van der Waals surface area contributed by atoms with Crippen molar-refractivity contribution in [2.45, 2.75) is 26.4 Å². The van der Waals surface area contributed by atoms with Crippen LogP contribution in [0.5, 0.6) is 0 Å². The zero-order chi connectivity index (χ0) is 19.3. The van der Waals surface area contributed by atoms with Crippen molar-refractivity contribution < 1.29 is 23.5 Å². The van der Waals surface area contributed by atoms with Crippen LogP contribution in [0.15, 0.2) is 12.3 Å². The van der Waals surface area contributed by atoms with Gasteiger partial charge in [-0.2, -0.15) is 0 Å². The summed E-state index contributed by atoms with van der Waals surface area (Å²) in [5.74, 6) is -1.08. The van der Waals surface area contributed by atoms with Gasteiger partial charge in [0, 0.05) is 26.2 Å². The molecule has 1 aromatic rings. The third-order valence-electron chi connectivity index (χ3n) is 3.55. The Hall–Kier alpha value is -2.91. The van der Waals surface area contributed by atoms with Crippen LogP contribution in [0.2, 0.25) is 0 Å². The molecule has 26 heavy (non-hydrogen) atoms. The van der Waals surface area contributed by atoms with Crippen molar-refractivity contribution in [2.24, 2.45) is 0 Å². The average molecular weight is 367 g/mol. The first-order chi connectivity index (χ1) is 12.2. The van der Waals surface area contributed by atoms with Gasteiger partial charge in [0.25, 0.3) is 5.91 Å². The molecule has 1 fully saturated rings. The summed E-state index contributed by atoms with van der Waals surface area (Å²) in [7, 11) is 0. The van der Waals surface area contributed by atoms with Crippen LogP contribution in [0.1, 0.15) is 31.1 Å². The molecule has 2 heterocycles. The minimum atomic E-state index is -0.686. The number of hydrogen-bond acceptors (Lipinski definition) is 6. The highest BCUT2D eigenvalue weighted by Crippen LogP contribution is 2.21. The van der Waals surface area contributed by atoms with E-state index in [-0.39, 0.29) is 11.4 Å². The van der Waals surface area contributed by atoms with Crippen molar-refractivity contribution in [2.75, 3.05) is 31.1 Å². The number of aromatic nitrogens is 1. The first kappa shape index (κ1) is 19.4. The van der Waals surface area contributed by atoms with E-state index in [1.165, 1.54) is 0 Å². The number of nitrogens with one attached hydrogen (secondary N) is 2. The minimum absolute atomic E-state index is 0.00920. The topological polar surface area (TPSA) is 104 Å². The third-order valence-corrected chi connectivity index (χ3v) is 3.55. The summed E-state index contributed by atoms with van der Waals surface area (Å²) in [5.41, 5.74) is 3.57. The SMILES string of the molecule is CC(C)(C)OC(=O)N1CCN(c2ncc(F)cc2C(=O)NNC=O)CC1. The zero-order valence-electron chi connectivity index (χ0n) is 14.9. The maximum atomic E-state index is 13.5. The van der Waals surface area contributed by atoms with Crippen molar-refractivity contribution >= 4 is 24.2 Å². The van der Waals surface area contributed by atoms with Crippen LogP contribution >= 0.6 is 0 Å². The van der Waals surface area contributed by atoms with Gasteiger partial charge in [0.05, 0.1) is 11.8 Å². The highest BCUT2D eigenvalue weighted by molar-refractivity contribution is 5.99. The highest BCUT2D eigenvalue weighted by Gasteiger charge is 2.28. The Morgan fingerprint density at radius 3 is 2.50 bits per heavy atom. The number of anilines is 1. The summed E-state index contributed by atoms with van der Waals surface area (Å²) < 4.78 is 18.8. The second-order valence-corrected chi connectivity index (χ2v) is 6.70. The van der Waals surface area contributed by atoms with Gasteiger partial charge in [-0.05, 0) is 26.8 Å². The molecule has 0 unspecified atom stereocenters. The van der Waals surface area contributed by atoms with Crippen LogP contribution in [-0.4, -0.2) is 60.1 Å². The van der Waals surface area contributed by atoms with Gasteiger partial charge in [0.1, 0.15) is 17.2 Å². The predicted octanol–water partition coefficient (Wildman–Crippen LogP) is 0.669. The minimum Gasteiger partial charge on any atom is -0.444 e. The molecule has 0 atom stereocenters. The Morgan fingerprint density at radius 2 is 1.92 bits per heavy atom. The Labute approximate surface area is 150 Å². The lowest BCUT2D eigenvalue weighted by Crippen LogP contribution is -2.50. The molecule has 0 aromatic carbocycles. The molecule has 142 valence electrons. The molecule has 0 radical (unpaired) electrons. The third kappa shape index (κ3) is 5.04. The number of nitrogens with zero attached hydrogens (tertiary/aromatic N) is 3. The molecule has 2 rings (SSSR count). The van der Waals surface area contributed by atoms with Crippen LogP contribution in [0.25, 0.3) is 0 Å². The second kappa shape index (κ2) is 7.98. The summed E-state index contributed by atoms with van der Waals surface area (Å²) in [5, 5.41) is 0. The zero-order valence-corrected chi connectivity index (χ0v) is 14.9. The Balaban J connectivity index is 2.08. The fourth-order valence-electron chi connectivity index (χ4n) is 2.44. The predicted molar refractivity (Wildman–Crippen MR) is 90.9 cm³/mol. The summed E-state index contributed by atoms with van der Waals surface area (Å²) >= 11 is 0.